The lowest BCUT2D eigenvalue weighted by Crippen LogP contribution is -2.40. The van der Waals surface area contributed by atoms with E-state index in [-0.39, 0.29) is 17.7 Å². The van der Waals surface area contributed by atoms with Crippen molar-refractivity contribution >= 4 is 28.3 Å². The second kappa shape index (κ2) is 6.79. The molecular formula is C24H22N2O2. The zero-order chi connectivity index (χ0) is 19.1. The smallest absolute Gasteiger partial charge is 0.228 e. The summed E-state index contributed by atoms with van der Waals surface area (Å²) in [5.74, 6) is -0.130. The first kappa shape index (κ1) is 17.0. The Balaban J connectivity index is 1.37. The van der Waals surface area contributed by atoms with Crippen LogP contribution < -0.4 is 4.90 Å². The number of rotatable bonds is 2. The summed E-state index contributed by atoms with van der Waals surface area (Å²) in [6.07, 6.45) is 1.18. The van der Waals surface area contributed by atoms with Crippen molar-refractivity contribution in [1.82, 2.24) is 4.90 Å². The van der Waals surface area contributed by atoms with Crippen LogP contribution in [0.1, 0.15) is 17.5 Å². The highest BCUT2D eigenvalue weighted by molar-refractivity contribution is 6.07. The molecule has 0 aromatic heterocycles. The molecule has 1 unspecified atom stereocenters. The summed E-state index contributed by atoms with van der Waals surface area (Å²) >= 11 is 0. The first-order chi connectivity index (χ1) is 13.7. The number of amides is 2. The molecule has 0 spiro atoms. The molecule has 0 N–H and O–H groups in total. The minimum Gasteiger partial charge on any atom is -0.338 e. The fourth-order valence-corrected chi connectivity index (χ4v) is 4.49. The Morgan fingerprint density at radius 1 is 0.893 bits per heavy atom. The van der Waals surface area contributed by atoms with Crippen molar-refractivity contribution in [2.24, 2.45) is 5.92 Å². The van der Waals surface area contributed by atoms with Gasteiger partial charge in [0.15, 0.2) is 0 Å². The minimum absolute atomic E-state index is 0.0344. The fraction of sp³-hybridized carbons (Fsp3) is 0.250. The highest BCUT2D eigenvalue weighted by atomic mass is 16.2. The van der Waals surface area contributed by atoms with Crippen LogP contribution >= 0.6 is 0 Å². The van der Waals surface area contributed by atoms with Crippen molar-refractivity contribution in [2.75, 3.05) is 18.0 Å². The van der Waals surface area contributed by atoms with E-state index >= 15 is 0 Å². The van der Waals surface area contributed by atoms with E-state index in [1.807, 2.05) is 59.5 Å². The van der Waals surface area contributed by atoms with Gasteiger partial charge in [-0.1, -0.05) is 60.7 Å². The van der Waals surface area contributed by atoms with Gasteiger partial charge in [-0.25, -0.2) is 0 Å². The van der Waals surface area contributed by atoms with Gasteiger partial charge in [-0.2, -0.15) is 0 Å². The van der Waals surface area contributed by atoms with Crippen molar-refractivity contribution in [3.05, 3.63) is 77.9 Å². The van der Waals surface area contributed by atoms with E-state index in [4.69, 9.17) is 0 Å². The zero-order valence-corrected chi connectivity index (χ0v) is 15.7. The minimum atomic E-state index is -0.267. The summed E-state index contributed by atoms with van der Waals surface area (Å²) in [7, 11) is 0. The van der Waals surface area contributed by atoms with E-state index in [1.54, 1.807) is 4.90 Å². The number of anilines is 1. The molecule has 2 amide bonds. The molecule has 2 aliphatic rings. The number of fused-ring (bicyclic) bond motifs is 2. The van der Waals surface area contributed by atoms with E-state index in [2.05, 4.69) is 12.1 Å². The maximum Gasteiger partial charge on any atom is 0.228 e. The molecule has 28 heavy (non-hydrogen) atoms. The van der Waals surface area contributed by atoms with Crippen LogP contribution in [0, 0.1) is 5.92 Å². The monoisotopic (exact) mass is 370 g/mol. The van der Waals surface area contributed by atoms with Gasteiger partial charge in [0.25, 0.3) is 0 Å². The number of hydrogen-bond acceptors (Lipinski definition) is 2. The summed E-state index contributed by atoms with van der Waals surface area (Å²) in [4.78, 5) is 29.6. The van der Waals surface area contributed by atoms with Crippen molar-refractivity contribution in [3.63, 3.8) is 0 Å². The van der Waals surface area contributed by atoms with Gasteiger partial charge in [0.1, 0.15) is 0 Å². The Kier molecular flexibility index (Phi) is 4.12. The Morgan fingerprint density at radius 2 is 1.64 bits per heavy atom. The number of hydrogen-bond donors (Lipinski definition) is 0. The van der Waals surface area contributed by atoms with Crippen molar-refractivity contribution in [2.45, 2.75) is 19.4 Å². The molecule has 0 bridgehead atoms. The van der Waals surface area contributed by atoms with Crippen molar-refractivity contribution < 1.29 is 9.59 Å². The average molecular weight is 370 g/mol. The molecule has 0 radical (unpaired) electrons. The van der Waals surface area contributed by atoms with E-state index in [1.165, 1.54) is 11.1 Å². The van der Waals surface area contributed by atoms with Crippen LogP contribution in [0.2, 0.25) is 0 Å². The fourth-order valence-electron chi connectivity index (χ4n) is 4.49. The molecule has 3 aromatic rings. The second-order valence-corrected chi connectivity index (χ2v) is 7.68. The Hall–Kier alpha value is -3.14. The lowest BCUT2D eigenvalue weighted by Gasteiger charge is -2.30. The third-order valence-corrected chi connectivity index (χ3v) is 5.97. The molecule has 2 aliphatic heterocycles. The van der Waals surface area contributed by atoms with Crippen LogP contribution in [0.25, 0.3) is 10.8 Å². The maximum atomic E-state index is 13.1. The summed E-state index contributed by atoms with van der Waals surface area (Å²) in [5.41, 5.74) is 3.45. The van der Waals surface area contributed by atoms with Crippen LogP contribution in [0.3, 0.4) is 0 Å². The highest BCUT2D eigenvalue weighted by Crippen LogP contribution is 2.33. The predicted molar refractivity (Wildman–Crippen MR) is 110 cm³/mol. The van der Waals surface area contributed by atoms with Gasteiger partial charge in [0, 0.05) is 31.4 Å². The molecule has 3 aromatic carbocycles. The molecule has 4 nitrogen and oxygen atoms in total. The van der Waals surface area contributed by atoms with E-state index in [9.17, 15) is 9.59 Å². The van der Waals surface area contributed by atoms with Crippen LogP contribution in [0.4, 0.5) is 5.69 Å². The first-order valence-corrected chi connectivity index (χ1v) is 9.84. The molecule has 4 heteroatoms. The normalized spacial score (nSPS) is 19.1. The van der Waals surface area contributed by atoms with Gasteiger partial charge in [-0.15, -0.1) is 0 Å². The van der Waals surface area contributed by atoms with Crippen LogP contribution in [0.5, 0.6) is 0 Å². The quantitative estimate of drug-likeness (QED) is 0.689. The van der Waals surface area contributed by atoms with Crippen LogP contribution in [-0.2, 0) is 22.6 Å². The SMILES string of the molecule is O=C(C1CC(=O)N(c2cccc3ccccc23)C1)N1CCc2ccccc2C1. The number of benzene rings is 3. The van der Waals surface area contributed by atoms with Gasteiger partial charge in [-0.05, 0) is 29.0 Å². The standard InChI is InChI=1S/C24H22N2O2/c27-23-14-20(24(28)25-13-12-17-6-1-2-8-19(17)15-25)16-26(23)22-11-5-9-18-7-3-4-10-21(18)22/h1-11,20H,12-16H2. The zero-order valence-electron chi connectivity index (χ0n) is 15.7. The maximum absolute atomic E-state index is 13.1. The summed E-state index contributed by atoms with van der Waals surface area (Å²) in [6.45, 7) is 1.84. The first-order valence-electron chi connectivity index (χ1n) is 9.84. The predicted octanol–water partition coefficient (Wildman–Crippen LogP) is 3.78. The Labute approximate surface area is 164 Å². The summed E-state index contributed by atoms with van der Waals surface area (Å²) < 4.78 is 0. The topological polar surface area (TPSA) is 40.6 Å². The molecule has 2 heterocycles. The summed E-state index contributed by atoms with van der Waals surface area (Å²) in [6, 6.07) is 22.4. The third-order valence-electron chi connectivity index (χ3n) is 5.97. The molecule has 0 saturated carbocycles. The van der Waals surface area contributed by atoms with Crippen molar-refractivity contribution in [3.8, 4) is 0 Å². The van der Waals surface area contributed by atoms with E-state index < -0.39 is 0 Å². The summed E-state index contributed by atoms with van der Waals surface area (Å²) in [5, 5.41) is 2.16. The van der Waals surface area contributed by atoms with Gasteiger partial charge < -0.3 is 9.80 Å². The molecule has 1 saturated heterocycles. The Morgan fingerprint density at radius 3 is 2.54 bits per heavy atom. The van der Waals surface area contributed by atoms with Crippen LogP contribution in [0.15, 0.2) is 66.7 Å². The van der Waals surface area contributed by atoms with Gasteiger partial charge in [-0.3, -0.25) is 9.59 Å². The molecule has 1 fully saturated rings. The second-order valence-electron chi connectivity index (χ2n) is 7.68. The molecule has 1 atom stereocenters. The molecule has 140 valence electrons. The number of nitrogens with zero attached hydrogens (tertiary/aromatic N) is 2. The lowest BCUT2D eigenvalue weighted by molar-refractivity contribution is -0.136. The lowest BCUT2D eigenvalue weighted by atomic mass is 9.98. The van der Waals surface area contributed by atoms with Gasteiger partial charge in [0.2, 0.25) is 11.8 Å². The van der Waals surface area contributed by atoms with Crippen LogP contribution in [-0.4, -0.2) is 29.8 Å². The molecule has 5 rings (SSSR count). The Bertz CT molecular complexity index is 1070. The molecule has 0 aliphatic carbocycles. The average Bonchev–Trinajstić information content (AvgIpc) is 3.14. The van der Waals surface area contributed by atoms with Crippen molar-refractivity contribution in [1.29, 1.82) is 0 Å². The van der Waals surface area contributed by atoms with E-state index in [0.717, 1.165) is 29.4 Å². The molecular weight excluding hydrogens is 348 g/mol. The van der Waals surface area contributed by atoms with Gasteiger partial charge >= 0.3 is 0 Å². The number of carbonyl (C=O) groups excluding carboxylic acids is 2. The van der Waals surface area contributed by atoms with Gasteiger partial charge in [0.05, 0.1) is 11.6 Å². The largest absolute Gasteiger partial charge is 0.338 e. The van der Waals surface area contributed by atoms with E-state index in [0.29, 0.717) is 19.5 Å². The highest BCUT2D eigenvalue weighted by Gasteiger charge is 2.38. The number of carbonyl (C=O) groups is 2. The third kappa shape index (κ3) is 2.85.